The van der Waals surface area contributed by atoms with E-state index in [0.717, 1.165) is 51.6 Å². The average molecular weight is 583 g/mol. The molecule has 216 valence electrons. The Balaban J connectivity index is 1.23. The zero-order chi connectivity index (χ0) is 28.2. The van der Waals surface area contributed by atoms with Gasteiger partial charge < -0.3 is 31.6 Å². The van der Waals surface area contributed by atoms with Gasteiger partial charge in [0.15, 0.2) is 28.4 Å². The quantitative estimate of drug-likeness (QED) is 0.271. The highest BCUT2D eigenvalue weighted by atomic mass is 35.5. The summed E-state index contributed by atoms with van der Waals surface area (Å²) >= 11 is 4.72. The number of nitrogens with one attached hydrogen (secondary N) is 3. The Morgan fingerprint density at radius 2 is 1.85 bits per heavy atom. The van der Waals surface area contributed by atoms with Gasteiger partial charge in [0.05, 0.1) is 5.54 Å². The molecule has 7 N–H and O–H groups in total. The molecule has 0 bridgehead atoms. The molecule has 2 amide bonds. The summed E-state index contributed by atoms with van der Waals surface area (Å²) in [5.74, 6) is 0.195. The molecule has 0 aromatic carbocycles. The largest absolute Gasteiger partial charge is 0.579 e. The molecule has 1 aliphatic carbocycles. The van der Waals surface area contributed by atoms with Gasteiger partial charge in [-0.25, -0.2) is 9.97 Å². The van der Waals surface area contributed by atoms with Crippen molar-refractivity contribution in [2.45, 2.75) is 57.9 Å². The lowest BCUT2D eigenvalue weighted by molar-refractivity contribution is -0.138. The van der Waals surface area contributed by atoms with Crippen LogP contribution in [0.15, 0.2) is 4.99 Å². The fraction of sp³-hybridized carbons (Fsp3) is 0.708. The number of likely N-dealkylation sites (tertiary alicyclic amines) is 1. The molecule has 3 aliphatic rings. The Hall–Kier alpha value is -2.39. The molecular weight excluding hydrogens is 544 g/mol. The maximum atomic E-state index is 13.3. The first-order chi connectivity index (χ1) is 18.6. The van der Waals surface area contributed by atoms with Gasteiger partial charge in [0.1, 0.15) is 11.5 Å². The zero-order valence-corrected chi connectivity index (χ0v) is 24.1. The van der Waals surface area contributed by atoms with Gasteiger partial charge in [0, 0.05) is 45.2 Å². The zero-order valence-electron chi connectivity index (χ0n) is 22.5. The molecule has 2 aliphatic heterocycles. The van der Waals surface area contributed by atoms with Crippen LogP contribution in [-0.2, 0) is 16.3 Å². The lowest BCUT2D eigenvalue weighted by atomic mass is 9.80. The number of nitrogens with zero attached hydrogens (tertiary/aromatic N) is 5. The van der Waals surface area contributed by atoms with Gasteiger partial charge >= 0.3 is 5.91 Å². The van der Waals surface area contributed by atoms with E-state index in [1.54, 1.807) is 0 Å². The van der Waals surface area contributed by atoms with Crippen molar-refractivity contribution < 1.29 is 14.1 Å². The average Bonchev–Trinajstić information content (AvgIpc) is 3.31. The van der Waals surface area contributed by atoms with E-state index in [-0.39, 0.29) is 39.8 Å². The molecule has 1 unspecified atom stereocenters. The van der Waals surface area contributed by atoms with E-state index in [1.807, 2.05) is 23.1 Å². The monoisotopic (exact) mass is 582 g/mol. The van der Waals surface area contributed by atoms with Crippen molar-refractivity contribution in [3.8, 4) is 0 Å². The molecule has 1 aromatic heterocycles. The summed E-state index contributed by atoms with van der Waals surface area (Å²) in [5.41, 5.74) is 10.9. The van der Waals surface area contributed by atoms with Crippen LogP contribution < -0.4 is 26.8 Å². The van der Waals surface area contributed by atoms with E-state index >= 15 is 0 Å². The summed E-state index contributed by atoms with van der Waals surface area (Å²) in [5, 5.41) is 6.38. The minimum absolute atomic E-state index is 0.0475. The van der Waals surface area contributed by atoms with Gasteiger partial charge in [-0.15, -0.1) is 9.03 Å². The topological polar surface area (TPSA) is 190 Å². The summed E-state index contributed by atoms with van der Waals surface area (Å²) in [6.45, 7) is 8.09. The fourth-order valence-electron chi connectivity index (χ4n) is 5.48. The maximum absolute atomic E-state index is 13.3. The number of rotatable bonds is 8. The lowest BCUT2D eigenvalue weighted by Gasteiger charge is -2.40. The second-order valence-electron chi connectivity index (χ2n) is 10.4. The van der Waals surface area contributed by atoms with Crippen molar-refractivity contribution in [2.75, 3.05) is 50.7 Å². The molecule has 0 radical (unpaired) electrons. The maximum Gasteiger partial charge on any atom is 0.302 e. The number of amides is 2. The van der Waals surface area contributed by atoms with E-state index in [1.165, 1.54) is 0 Å². The third kappa shape index (κ3) is 7.04. The van der Waals surface area contributed by atoms with Crippen molar-refractivity contribution >= 4 is 52.6 Å². The molecule has 2 saturated heterocycles. The SMILES string of the molecule is CCN(CC)[S+]([O-])NCC1CCC(C(=O)N2CCC3(CC2)CN/C(=N\C(=O)c2nc(Cl)c(N)nc2N)N3)CC1. The molecule has 15 heteroatoms. The number of carbonyl (C=O) groups is 2. The Kier molecular flexibility index (Phi) is 9.75. The third-order valence-corrected chi connectivity index (χ3v) is 9.64. The number of halogens is 1. The Labute approximate surface area is 237 Å². The van der Waals surface area contributed by atoms with Crippen molar-refractivity contribution in [1.82, 2.24) is 34.5 Å². The molecule has 1 saturated carbocycles. The molecule has 1 aromatic rings. The third-order valence-electron chi connectivity index (χ3n) is 7.96. The van der Waals surface area contributed by atoms with Gasteiger partial charge in [0.25, 0.3) is 0 Å². The van der Waals surface area contributed by atoms with Crippen molar-refractivity contribution in [3.05, 3.63) is 10.8 Å². The van der Waals surface area contributed by atoms with Crippen LogP contribution in [0, 0.1) is 11.8 Å². The molecule has 13 nitrogen and oxygen atoms in total. The normalized spacial score (nSPS) is 24.5. The van der Waals surface area contributed by atoms with Gasteiger partial charge in [-0.1, -0.05) is 11.6 Å². The summed E-state index contributed by atoms with van der Waals surface area (Å²) in [4.78, 5) is 39.6. The van der Waals surface area contributed by atoms with Crippen LogP contribution in [0.3, 0.4) is 0 Å². The summed E-state index contributed by atoms with van der Waals surface area (Å²) in [7, 11) is 0. The highest BCUT2D eigenvalue weighted by Gasteiger charge is 2.42. The number of nitrogens with two attached hydrogens (primary N) is 2. The van der Waals surface area contributed by atoms with E-state index in [2.05, 4.69) is 30.3 Å². The van der Waals surface area contributed by atoms with Crippen LogP contribution in [0.4, 0.5) is 11.6 Å². The predicted octanol–water partition coefficient (Wildman–Crippen LogP) is 0.661. The minimum atomic E-state index is -1.16. The van der Waals surface area contributed by atoms with Crippen LogP contribution in [-0.4, -0.2) is 86.3 Å². The smallest absolute Gasteiger partial charge is 0.302 e. The van der Waals surface area contributed by atoms with Gasteiger partial charge in [0.2, 0.25) is 5.91 Å². The van der Waals surface area contributed by atoms with Crippen LogP contribution in [0.2, 0.25) is 5.15 Å². The highest BCUT2D eigenvalue weighted by molar-refractivity contribution is 7.87. The van der Waals surface area contributed by atoms with E-state index < -0.39 is 17.5 Å². The first-order valence-electron chi connectivity index (χ1n) is 13.6. The van der Waals surface area contributed by atoms with E-state index in [0.29, 0.717) is 38.1 Å². The Morgan fingerprint density at radius 3 is 2.49 bits per heavy atom. The first-order valence-corrected chi connectivity index (χ1v) is 15.1. The molecule has 3 heterocycles. The minimum Gasteiger partial charge on any atom is -0.579 e. The second-order valence-corrected chi connectivity index (χ2v) is 12.1. The van der Waals surface area contributed by atoms with Gasteiger partial charge in [-0.05, 0) is 58.3 Å². The first kappa shape index (κ1) is 29.6. The van der Waals surface area contributed by atoms with E-state index in [9.17, 15) is 14.1 Å². The number of guanidine groups is 1. The number of piperidine rings is 1. The van der Waals surface area contributed by atoms with Crippen LogP contribution in [0.1, 0.15) is 62.9 Å². The Morgan fingerprint density at radius 1 is 1.18 bits per heavy atom. The number of hydrogen-bond donors (Lipinski definition) is 5. The van der Waals surface area contributed by atoms with Crippen LogP contribution in [0.5, 0.6) is 0 Å². The summed E-state index contributed by atoms with van der Waals surface area (Å²) in [6, 6.07) is 0. The summed E-state index contributed by atoms with van der Waals surface area (Å²) in [6.07, 6.45) is 5.14. The number of aromatic nitrogens is 2. The molecule has 39 heavy (non-hydrogen) atoms. The second kappa shape index (κ2) is 12.9. The van der Waals surface area contributed by atoms with E-state index in [4.69, 9.17) is 23.1 Å². The molecule has 1 atom stereocenters. The lowest BCUT2D eigenvalue weighted by Crippen LogP contribution is -2.54. The van der Waals surface area contributed by atoms with Crippen molar-refractivity contribution in [2.24, 2.45) is 16.8 Å². The van der Waals surface area contributed by atoms with Crippen molar-refractivity contribution in [3.63, 3.8) is 0 Å². The van der Waals surface area contributed by atoms with Gasteiger partial charge in [-0.3, -0.25) is 9.59 Å². The standard InChI is InChI=1S/C24H39ClN10O3S/c1-3-35(4-2)39(38)29-13-15-5-7-16(8-6-15)22(37)34-11-9-24(10-12-34)14-28-23(33-24)32-21(36)17-19(26)31-20(27)18(25)30-17/h15-16,29H,3-14H2,1-2H3,(H4,26,27,31)(H2,28,32,33,36). The Bertz CT molecular complexity index is 1070. The molecule has 4 rings (SSSR count). The number of carbonyl (C=O) groups excluding carboxylic acids is 2. The molecular formula is C24H39ClN10O3S. The molecule has 3 fully saturated rings. The van der Waals surface area contributed by atoms with Crippen molar-refractivity contribution in [1.29, 1.82) is 0 Å². The number of hydrogen-bond acceptors (Lipinski definition) is 9. The van der Waals surface area contributed by atoms with Gasteiger partial charge in [-0.2, -0.15) is 4.99 Å². The highest BCUT2D eigenvalue weighted by Crippen LogP contribution is 2.32. The fourth-order valence-corrected chi connectivity index (χ4v) is 6.64. The number of anilines is 2. The predicted molar refractivity (Wildman–Crippen MR) is 152 cm³/mol. The number of aliphatic imine (C=N–C) groups is 1. The van der Waals surface area contributed by atoms with Crippen LogP contribution in [0.25, 0.3) is 0 Å². The number of nitrogen functional groups attached to an aromatic ring is 2. The molecule has 1 spiro atoms. The summed E-state index contributed by atoms with van der Waals surface area (Å²) < 4.78 is 17.4. The van der Waals surface area contributed by atoms with Crippen LogP contribution >= 0.6 is 11.6 Å².